The summed E-state index contributed by atoms with van der Waals surface area (Å²) >= 11 is 0. The molecule has 0 radical (unpaired) electrons. The molecule has 26 heavy (non-hydrogen) atoms. The largest absolute Gasteiger partial charge is 0.482 e. The summed E-state index contributed by atoms with van der Waals surface area (Å²) in [6.07, 6.45) is 0.670. The van der Waals surface area contributed by atoms with E-state index in [9.17, 15) is 18.4 Å². The SMILES string of the molecule is CC(=O)NC1CCN(C(=O)c2cc(COc3ccc(F)cc3F)on2)C1. The lowest BCUT2D eigenvalue weighted by atomic mass is 10.2. The van der Waals surface area contributed by atoms with Gasteiger partial charge in [0.2, 0.25) is 5.91 Å². The second-order valence-corrected chi connectivity index (χ2v) is 5.98. The van der Waals surface area contributed by atoms with Crippen LogP contribution in [0.25, 0.3) is 0 Å². The highest BCUT2D eigenvalue weighted by Gasteiger charge is 2.29. The van der Waals surface area contributed by atoms with E-state index in [1.165, 1.54) is 19.1 Å². The Balaban J connectivity index is 1.57. The minimum absolute atomic E-state index is 0.0763. The summed E-state index contributed by atoms with van der Waals surface area (Å²) in [5.41, 5.74) is 0.103. The highest BCUT2D eigenvalue weighted by molar-refractivity contribution is 5.92. The first-order valence-electron chi connectivity index (χ1n) is 8.02. The van der Waals surface area contributed by atoms with Crippen LogP contribution in [-0.2, 0) is 11.4 Å². The number of aromatic nitrogens is 1. The van der Waals surface area contributed by atoms with Crippen LogP contribution in [0.2, 0.25) is 0 Å². The first kappa shape index (κ1) is 17.8. The van der Waals surface area contributed by atoms with Crippen molar-refractivity contribution in [3.05, 3.63) is 47.4 Å². The first-order chi connectivity index (χ1) is 12.4. The van der Waals surface area contributed by atoms with E-state index in [0.717, 1.165) is 6.07 Å². The van der Waals surface area contributed by atoms with E-state index in [1.807, 2.05) is 0 Å². The summed E-state index contributed by atoms with van der Waals surface area (Å²) in [6.45, 7) is 2.18. The van der Waals surface area contributed by atoms with Crippen molar-refractivity contribution in [1.29, 1.82) is 0 Å². The molecule has 1 saturated heterocycles. The summed E-state index contributed by atoms with van der Waals surface area (Å²) in [5, 5.41) is 6.48. The van der Waals surface area contributed by atoms with Crippen molar-refractivity contribution in [3.63, 3.8) is 0 Å². The number of likely N-dealkylation sites (tertiary alicyclic amines) is 1. The number of ether oxygens (including phenoxy) is 1. The third kappa shape index (κ3) is 4.16. The molecule has 7 nitrogen and oxygen atoms in total. The molecule has 1 atom stereocenters. The zero-order valence-corrected chi connectivity index (χ0v) is 14.0. The Morgan fingerprint density at radius 3 is 2.92 bits per heavy atom. The molecule has 0 aliphatic carbocycles. The van der Waals surface area contributed by atoms with Crippen molar-refractivity contribution in [2.45, 2.75) is 26.0 Å². The molecule has 138 valence electrons. The highest BCUT2D eigenvalue weighted by atomic mass is 19.1. The van der Waals surface area contributed by atoms with E-state index in [4.69, 9.17) is 9.26 Å². The molecule has 0 spiro atoms. The van der Waals surface area contributed by atoms with Crippen LogP contribution < -0.4 is 10.1 Å². The van der Waals surface area contributed by atoms with Gasteiger partial charge in [-0.3, -0.25) is 9.59 Å². The van der Waals surface area contributed by atoms with E-state index in [0.29, 0.717) is 25.6 Å². The molecule has 1 aliphatic rings. The number of nitrogens with zero attached hydrogens (tertiary/aromatic N) is 2. The second kappa shape index (κ2) is 7.51. The van der Waals surface area contributed by atoms with Gasteiger partial charge in [-0.05, 0) is 18.6 Å². The molecule has 2 amide bonds. The van der Waals surface area contributed by atoms with Crippen LogP contribution in [0.3, 0.4) is 0 Å². The van der Waals surface area contributed by atoms with Crippen LogP contribution in [0.4, 0.5) is 8.78 Å². The molecule has 1 fully saturated rings. The molecule has 1 aromatic heterocycles. The van der Waals surface area contributed by atoms with Crippen molar-refractivity contribution in [2.24, 2.45) is 0 Å². The molecule has 1 N–H and O–H groups in total. The van der Waals surface area contributed by atoms with Gasteiger partial charge in [-0.25, -0.2) is 8.78 Å². The Labute approximate surface area is 147 Å². The monoisotopic (exact) mass is 365 g/mol. The summed E-state index contributed by atoms with van der Waals surface area (Å²) in [6, 6.07) is 4.29. The van der Waals surface area contributed by atoms with Crippen molar-refractivity contribution < 1.29 is 27.6 Å². The lowest BCUT2D eigenvalue weighted by Crippen LogP contribution is -2.37. The maximum Gasteiger partial charge on any atom is 0.276 e. The van der Waals surface area contributed by atoms with Gasteiger partial charge in [0.15, 0.2) is 23.0 Å². The molecule has 3 rings (SSSR count). The van der Waals surface area contributed by atoms with E-state index in [1.54, 1.807) is 4.90 Å². The number of rotatable bonds is 5. The van der Waals surface area contributed by atoms with Crippen LogP contribution >= 0.6 is 0 Å². The third-order valence-electron chi connectivity index (χ3n) is 3.92. The molecule has 2 heterocycles. The Morgan fingerprint density at radius 1 is 1.38 bits per heavy atom. The average molecular weight is 365 g/mol. The molecule has 1 aliphatic heterocycles. The third-order valence-corrected chi connectivity index (χ3v) is 3.92. The van der Waals surface area contributed by atoms with E-state index in [-0.39, 0.29) is 41.7 Å². The summed E-state index contributed by atoms with van der Waals surface area (Å²) in [4.78, 5) is 25.1. The Hall–Kier alpha value is -2.97. The summed E-state index contributed by atoms with van der Waals surface area (Å²) < 4.78 is 36.6. The molecule has 9 heteroatoms. The maximum atomic E-state index is 13.5. The van der Waals surface area contributed by atoms with Crippen LogP contribution in [0.5, 0.6) is 5.75 Å². The Kier molecular flexibility index (Phi) is 5.15. The van der Waals surface area contributed by atoms with Crippen molar-refractivity contribution in [3.8, 4) is 5.75 Å². The fourth-order valence-corrected chi connectivity index (χ4v) is 2.73. The van der Waals surface area contributed by atoms with E-state index in [2.05, 4.69) is 10.5 Å². The van der Waals surface area contributed by atoms with Crippen molar-refractivity contribution in [1.82, 2.24) is 15.4 Å². The number of hydrogen-bond acceptors (Lipinski definition) is 5. The smallest absolute Gasteiger partial charge is 0.276 e. The predicted molar refractivity (Wildman–Crippen MR) is 85.3 cm³/mol. The number of carbonyl (C=O) groups excluding carboxylic acids is 2. The summed E-state index contributed by atoms with van der Waals surface area (Å²) in [7, 11) is 0. The minimum atomic E-state index is -0.832. The fourth-order valence-electron chi connectivity index (χ4n) is 2.73. The van der Waals surface area contributed by atoms with Crippen LogP contribution in [0.15, 0.2) is 28.8 Å². The highest BCUT2D eigenvalue weighted by Crippen LogP contribution is 2.20. The number of amides is 2. The van der Waals surface area contributed by atoms with Gasteiger partial charge in [0.1, 0.15) is 12.4 Å². The van der Waals surface area contributed by atoms with Gasteiger partial charge >= 0.3 is 0 Å². The zero-order valence-electron chi connectivity index (χ0n) is 14.0. The lowest BCUT2D eigenvalue weighted by Gasteiger charge is -2.15. The Morgan fingerprint density at radius 2 is 2.19 bits per heavy atom. The Bertz CT molecular complexity index is 824. The minimum Gasteiger partial charge on any atom is -0.482 e. The van der Waals surface area contributed by atoms with Gasteiger partial charge in [-0.15, -0.1) is 0 Å². The van der Waals surface area contributed by atoms with Crippen molar-refractivity contribution >= 4 is 11.8 Å². The van der Waals surface area contributed by atoms with Gasteiger partial charge in [0, 0.05) is 38.2 Å². The topological polar surface area (TPSA) is 84.7 Å². The number of nitrogens with one attached hydrogen (secondary N) is 1. The van der Waals surface area contributed by atoms with Gasteiger partial charge in [0.05, 0.1) is 0 Å². The second-order valence-electron chi connectivity index (χ2n) is 5.98. The number of hydrogen-bond donors (Lipinski definition) is 1. The van der Waals surface area contributed by atoms with Gasteiger partial charge in [-0.2, -0.15) is 0 Å². The number of carbonyl (C=O) groups is 2. The molecular weight excluding hydrogens is 348 g/mol. The van der Waals surface area contributed by atoms with Crippen LogP contribution in [0, 0.1) is 11.6 Å². The fraction of sp³-hybridized carbons (Fsp3) is 0.353. The van der Waals surface area contributed by atoms with Gasteiger partial charge < -0.3 is 19.5 Å². The number of halogens is 2. The van der Waals surface area contributed by atoms with Gasteiger partial charge in [-0.1, -0.05) is 5.16 Å². The van der Waals surface area contributed by atoms with E-state index >= 15 is 0 Å². The zero-order chi connectivity index (χ0) is 18.7. The van der Waals surface area contributed by atoms with E-state index < -0.39 is 11.6 Å². The molecular formula is C17H17F2N3O4. The first-order valence-corrected chi connectivity index (χ1v) is 8.02. The lowest BCUT2D eigenvalue weighted by molar-refractivity contribution is -0.119. The average Bonchev–Trinajstić information content (AvgIpc) is 3.22. The number of benzene rings is 1. The predicted octanol–water partition coefficient (Wildman–Crippen LogP) is 1.88. The van der Waals surface area contributed by atoms with Crippen molar-refractivity contribution in [2.75, 3.05) is 13.1 Å². The maximum absolute atomic E-state index is 13.5. The van der Waals surface area contributed by atoms with Crippen LogP contribution in [0.1, 0.15) is 29.6 Å². The molecule has 2 aromatic rings. The quantitative estimate of drug-likeness (QED) is 0.875. The normalized spacial score (nSPS) is 16.6. The molecule has 1 aromatic carbocycles. The molecule has 0 saturated carbocycles. The van der Waals surface area contributed by atoms with Crippen LogP contribution in [-0.4, -0.2) is 41.0 Å². The standard InChI is InChI=1S/C17H17F2N3O4/c1-10(23)20-12-4-5-22(8-12)17(24)15-7-13(26-21-15)9-25-16-3-2-11(18)6-14(16)19/h2-3,6-7,12H,4-5,8-9H2,1H3,(H,20,23). The molecule has 0 bridgehead atoms. The molecule has 1 unspecified atom stereocenters. The summed E-state index contributed by atoms with van der Waals surface area (Å²) in [5.74, 6) is -1.89. The van der Waals surface area contributed by atoms with Gasteiger partial charge in [0.25, 0.3) is 5.91 Å².